The van der Waals surface area contributed by atoms with Crippen molar-refractivity contribution < 1.29 is 9.53 Å². The van der Waals surface area contributed by atoms with Gasteiger partial charge in [0.25, 0.3) is 5.91 Å². The van der Waals surface area contributed by atoms with E-state index in [-0.39, 0.29) is 5.91 Å². The van der Waals surface area contributed by atoms with Crippen LogP contribution in [0.25, 0.3) is 0 Å². The fourth-order valence-corrected chi connectivity index (χ4v) is 2.71. The van der Waals surface area contributed by atoms with Crippen molar-refractivity contribution in [1.82, 2.24) is 16.0 Å². The van der Waals surface area contributed by atoms with Crippen LogP contribution in [0.1, 0.15) is 21.5 Å². The fourth-order valence-electron chi connectivity index (χ4n) is 2.71. The predicted molar refractivity (Wildman–Crippen MR) is 110 cm³/mol. The van der Waals surface area contributed by atoms with E-state index in [1.165, 1.54) is 5.56 Å². The molecule has 0 aliphatic rings. The normalized spacial score (nSPS) is 11.0. The standard InChI is InChI=1S/C21H28N4O2/c1-22-20(26)18-8-4-6-16(14-18)10-12-24-21(23-2)25-13-11-17-7-5-9-19(15-17)27-3/h4-9,14-15H,10-13H2,1-3H3,(H,22,26)(H2,23,24,25). The van der Waals surface area contributed by atoms with E-state index in [2.05, 4.69) is 27.0 Å². The monoisotopic (exact) mass is 368 g/mol. The van der Waals surface area contributed by atoms with Gasteiger partial charge in [-0.2, -0.15) is 0 Å². The van der Waals surface area contributed by atoms with Crippen molar-refractivity contribution in [2.45, 2.75) is 12.8 Å². The number of carbonyl (C=O) groups excluding carboxylic acids is 1. The van der Waals surface area contributed by atoms with Gasteiger partial charge in [0, 0.05) is 32.7 Å². The maximum Gasteiger partial charge on any atom is 0.251 e. The first kappa shape index (κ1) is 20.3. The molecule has 0 radical (unpaired) electrons. The van der Waals surface area contributed by atoms with Crippen molar-refractivity contribution in [3.05, 3.63) is 65.2 Å². The quantitative estimate of drug-likeness (QED) is 0.492. The Morgan fingerprint density at radius 3 is 2.22 bits per heavy atom. The zero-order valence-corrected chi connectivity index (χ0v) is 16.2. The van der Waals surface area contributed by atoms with Crippen LogP contribution in [0, 0.1) is 0 Å². The summed E-state index contributed by atoms with van der Waals surface area (Å²) in [5.41, 5.74) is 2.99. The van der Waals surface area contributed by atoms with Gasteiger partial charge in [0.1, 0.15) is 5.75 Å². The molecule has 0 aromatic heterocycles. The average Bonchev–Trinajstić information content (AvgIpc) is 2.72. The predicted octanol–water partition coefficient (Wildman–Crippen LogP) is 2.00. The maximum atomic E-state index is 11.7. The summed E-state index contributed by atoms with van der Waals surface area (Å²) in [6.07, 6.45) is 1.69. The molecule has 0 bridgehead atoms. The minimum Gasteiger partial charge on any atom is -0.497 e. The molecule has 0 heterocycles. The summed E-state index contributed by atoms with van der Waals surface area (Å²) < 4.78 is 5.25. The molecule has 0 aliphatic carbocycles. The Labute approximate surface area is 161 Å². The average molecular weight is 368 g/mol. The number of nitrogens with one attached hydrogen (secondary N) is 3. The Kier molecular flexibility index (Phi) is 8.16. The van der Waals surface area contributed by atoms with E-state index in [4.69, 9.17) is 4.74 Å². The number of methoxy groups -OCH3 is 1. The van der Waals surface area contributed by atoms with Crippen LogP contribution in [0.4, 0.5) is 0 Å². The topological polar surface area (TPSA) is 74.8 Å². The van der Waals surface area contributed by atoms with Gasteiger partial charge in [0.2, 0.25) is 0 Å². The molecule has 0 fully saturated rings. The van der Waals surface area contributed by atoms with E-state index in [9.17, 15) is 4.79 Å². The van der Waals surface area contributed by atoms with Crippen LogP contribution in [0.2, 0.25) is 0 Å². The first-order valence-electron chi connectivity index (χ1n) is 9.04. The summed E-state index contributed by atoms with van der Waals surface area (Å²) in [5.74, 6) is 1.56. The van der Waals surface area contributed by atoms with Crippen LogP contribution in [0.15, 0.2) is 53.5 Å². The van der Waals surface area contributed by atoms with Crippen LogP contribution in [-0.2, 0) is 12.8 Å². The summed E-state index contributed by atoms with van der Waals surface area (Å²) in [6, 6.07) is 15.7. The van der Waals surface area contributed by atoms with Crippen molar-refractivity contribution in [2.24, 2.45) is 4.99 Å². The van der Waals surface area contributed by atoms with Gasteiger partial charge in [0.05, 0.1) is 7.11 Å². The van der Waals surface area contributed by atoms with Gasteiger partial charge in [-0.05, 0) is 48.2 Å². The molecule has 0 saturated heterocycles. The first-order chi connectivity index (χ1) is 13.2. The minimum absolute atomic E-state index is 0.0696. The van der Waals surface area contributed by atoms with Gasteiger partial charge >= 0.3 is 0 Å². The van der Waals surface area contributed by atoms with E-state index in [1.807, 2.05) is 42.5 Å². The number of rotatable bonds is 8. The third-order valence-electron chi connectivity index (χ3n) is 4.19. The molecule has 1 amide bonds. The molecular formula is C21H28N4O2. The summed E-state index contributed by atoms with van der Waals surface area (Å²) in [7, 11) is 5.07. The molecule has 2 rings (SSSR count). The lowest BCUT2D eigenvalue weighted by molar-refractivity contribution is 0.0963. The number of amides is 1. The molecular weight excluding hydrogens is 340 g/mol. The number of nitrogens with zero attached hydrogens (tertiary/aromatic N) is 1. The number of benzene rings is 2. The Morgan fingerprint density at radius 2 is 1.63 bits per heavy atom. The van der Waals surface area contributed by atoms with Gasteiger partial charge < -0.3 is 20.7 Å². The van der Waals surface area contributed by atoms with Crippen LogP contribution in [0.3, 0.4) is 0 Å². The van der Waals surface area contributed by atoms with Crippen molar-refractivity contribution in [3.63, 3.8) is 0 Å². The molecule has 2 aromatic carbocycles. The summed E-state index contributed by atoms with van der Waals surface area (Å²) in [6.45, 7) is 1.51. The third kappa shape index (κ3) is 6.66. The van der Waals surface area contributed by atoms with Gasteiger partial charge in [-0.3, -0.25) is 9.79 Å². The molecule has 2 aromatic rings. The smallest absolute Gasteiger partial charge is 0.251 e. The van der Waals surface area contributed by atoms with E-state index >= 15 is 0 Å². The lowest BCUT2D eigenvalue weighted by atomic mass is 10.1. The minimum atomic E-state index is -0.0696. The van der Waals surface area contributed by atoms with Gasteiger partial charge in [-0.1, -0.05) is 24.3 Å². The summed E-state index contributed by atoms with van der Waals surface area (Å²) in [4.78, 5) is 16.0. The zero-order chi connectivity index (χ0) is 19.5. The molecule has 0 unspecified atom stereocenters. The van der Waals surface area contributed by atoms with E-state index in [1.54, 1.807) is 21.2 Å². The van der Waals surface area contributed by atoms with E-state index < -0.39 is 0 Å². The van der Waals surface area contributed by atoms with Crippen molar-refractivity contribution in [3.8, 4) is 5.75 Å². The van der Waals surface area contributed by atoms with Crippen LogP contribution < -0.4 is 20.7 Å². The van der Waals surface area contributed by atoms with Crippen LogP contribution >= 0.6 is 0 Å². The van der Waals surface area contributed by atoms with Crippen LogP contribution in [-0.4, -0.2) is 46.2 Å². The first-order valence-corrected chi connectivity index (χ1v) is 9.04. The second-order valence-electron chi connectivity index (χ2n) is 6.06. The molecule has 0 spiro atoms. The molecule has 144 valence electrons. The molecule has 6 nitrogen and oxygen atoms in total. The molecule has 0 aliphatic heterocycles. The fraction of sp³-hybridized carbons (Fsp3) is 0.333. The van der Waals surface area contributed by atoms with Crippen molar-refractivity contribution in [1.29, 1.82) is 0 Å². The summed E-state index contributed by atoms with van der Waals surface area (Å²) >= 11 is 0. The number of carbonyl (C=O) groups is 1. The highest BCUT2D eigenvalue weighted by molar-refractivity contribution is 5.94. The van der Waals surface area contributed by atoms with Crippen molar-refractivity contribution in [2.75, 3.05) is 34.3 Å². The third-order valence-corrected chi connectivity index (χ3v) is 4.19. The number of hydrogen-bond donors (Lipinski definition) is 3. The largest absolute Gasteiger partial charge is 0.497 e. The second kappa shape index (κ2) is 10.9. The van der Waals surface area contributed by atoms with Gasteiger partial charge in [-0.25, -0.2) is 0 Å². The van der Waals surface area contributed by atoms with Gasteiger partial charge in [-0.15, -0.1) is 0 Å². The summed E-state index contributed by atoms with van der Waals surface area (Å²) in [5, 5.41) is 9.26. The van der Waals surface area contributed by atoms with Crippen molar-refractivity contribution >= 4 is 11.9 Å². The molecule has 0 saturated carbocycles. The number of aliphatic imine (C=N–C) groups is 1. The SMILES string of the molecule is CN=C(NCCc1cccc(OC)c1)NCCc1cccc(C(=O)NC)c1. The highest BCUT2D eigenvalue weighted by Crippen LogP contribution is 2.12. The number of ether oxygens (including phenoxy) is 1. The lowest BCUT2D eigenvalue weighted by Gasteiger charge is -2.12. The van der Waals surface area contributed by atoms with E-state index in [0.29, 0.717) is 5.56 Å². The Bertz CT molecular complexity index is 774. The zero-order valence-electron chi connectivity index (χ0n) is 16.2. The molecule has 0 atom stereocenters. The maximum absolute atomic E-state index is 11.7. The lowest BCUT2D eigenvalue weighted by Crippen LogP contribution is -2.39. The number of hydrogen-bond acceptors (Lipinski definition) is 3. The van der Waals surface area contributed by atoms with E-state index in [0.717, 1.165) is 43.2 Å². The molecule has 6 heteroatoms. The Balaban J connectivity index is 1.76. The highest BCUT2D eigenvalue weighted by atomic mass is 16.5. The molecule has 3 N–H and O–H groups in total. The van der Waals surface area contributed by atoms with Gasteiger partial charge in [0.15, 0.2) is 5.96 Å². The highest BCUT2D eigenvalue weighted by Gasteiger charge is 2.04. The second-order valence-corrected chi connectivity index (χ2v) is 6.06. The van der Waals surface area contributed by atoms with Crippen LogP contribution in [0.5, 0.6) is 5.75 Å². The number of guanidine groups is 1. The Hall–Kier alpha value is -3.02. The molecule has 27 heavy (non-hydrogen) atoms. The Morgan fingerprint density at radius 1 is 1.00 bits per heavy atom.